The third-order valence-electron chi connectivity index (χ3n) is 2.77. The molecule has 1 rings (SSSR count). The molecule has 3 heteroatoms. The molecule has 2 N–H and O–H groups in total. The Hall–Kier alpha value is -0.180. The highest BCUT2D eigenvalue weighted by Crippen LogP contribution is 2.38. The van der Waals surface area contributed by atoms with Crippen molar-refractivity contribution < 1.29 is 0 Å². The van der Waals surface area contributed by atoms with Crippen molar-refractivity contribution >= 4 is 23.4 Å². The zero-order chi connectivity index (χ0) is 13.1. The van der Waals surface area contributed by atoms with Gasteiger partial charge in [0.25, 0.3) is 0 Å². The molecule has 2 atom stereocenters. The van der Waals surface area contributed by atoms with Crippen molar-refractivity contribution in [1.29, 1.82) is 0 Å². The lowest BCUT2D eigenvalue weighted by molar-refractivity contribution is 0.350. The smallest absolute Gasteiger partial charge is 0.0417 e. The molecule has 2 unspecified atom stereocenters. The summed E-state index contributed by atoms with van der Waals surface area (Å²) in [6, 6.07) is 8.20. The minimum absolute atomic E-state index is 0.183. The van der Waals surface area contributed by atoms with Crippen LogP contribution >= 0.6 is 23.4 Å². The van der Waals surface area contributed by atoms with Gasteiger partial charge in [0.15, 0.2) is 0 Å². The topological polar surface area (TPSA) is 26.0 Å². The van der Waals surface area contributed by atoms with Crippen molar-refractivity contribution in [3.63, 3.8) is 0 Å². The van der Waals surface area contributed by atoms with E-state index in [1.807, 2.05) is 30.0 Å². The summed E-state index contributed by atoms with van der Waals surface area (Å²) in [6.07, 6.45) is 0.996. The zero-order valence-corrected chi connectivity index (χ0v) is 12.6. The van der Waals surface area contributed by atoms with Crippen molar-refractivity contribution in [1.82, 2.24) is 0 Å². The number of benzene rings is 1. The lowest BCUT2D eigenvalue weighted by atomic mass is 9.87. The summed E-state index contributed by atoms with van der Waals surface area (Å²) in [4.78, 5) is 1.20. The quantitative estimate of drug-likeness (QED) is 0.811. The van der Waals surface area contributed by atoms with Gasteiger partial charge < -0.3 is 5.73 Å². The van der Waals surface area contributed by atoms with Gasteiger partial charge in [-0.05, 0) is 30.0 Å². The highest BCUT2D eigenvalue weighted by Gasteiger charge is 2.30. The fourth-order valence-corrected chi connectivity index (χ4v) is 3.43. The van der Waals surface area contributed by atoms with E-state index >= 15 is 0 Å². The first-order valence-electron chi connectivity index (χ1n) is 6.02. The summed E-state index contributed by atoms with van der Waals surface area (Å²) in [6.45, 7) is 8.86. The first kappa shape index (κ1) is 14.9. The van der Waals surface area contributed by atoms with Crippen molar-refractivity contribution in [3.8, 4) is 0 Å². The van der Waals surface area contributed by atoms with Crippen LogP contribution in [0.2, 0.25) is 5.02 Å². The molecule has 0 saturated heterocycles. The Balaban J connectivity index is 2.87. The second kappa shape index (κ2) is 6.12. The van der Waals surface area contributed by atoms with Crippen molar-refractivity contribution in [3.05, 3.63) is 29.3 Å². The molecule has 0 aliphatic rings. The summed E-state index contributed by atoms with van der Waals surface area (Å²) < 4.78 is 0. The van der Waals surface area contributed by atoms with Crippen molar-refractivity contribution in [2.24, 2.45) is 11.1 Å². The van der Waals surface area contributed by atoms with Gasteiger partial charge in [-0.15, -0.1) is 11.8 Å². The van der Waals surface area contributed by atoms with Crippen LogP contribution in [-0.4, -0.2) is 11.3 Å². The van der Waals surface area contributed by atoms with Gasteiger partial charge in [0, 0.05) is 21.2 Å². The van der Waals surface area contributed by atoms with Crippen LogP contribution in [0.15, 0.2) is 29.2 Å². The van der Waals surface area contributed by atoms with E-state index in [0.717, 1.165) is 11.4 Å². The number of nitrogens with two attached hydrogens (primary N) is 1. The van der Waals surface area contributed by atoms with Crippen LogP contribution in [0.1, 0.15) is 34.1 Å². The number of hydrogen-bond donors (Lipinski definition) is 1. The average Bonchev–Trinajstić information content (AvgIpc) is 2.23. The normalized spacial score (nSPS) is 15.6. The molecule has 0 aromatic heterocycles. The van der Waals surface area contributed by atoms with Crippen LogP contribution in [0, 0.1) is 5.41 Å². The first-order valence-corrected chi connectivity index (χ1v) is 7.28. The average molecular weight is 272 g/mol. The first-order chi connectivity index (χ1) is 7.84. The van der Waals surface area contributed by atoms with Crippen LogP contribution in [0.5, 0.6) is 0 Å². The molecular formula is C14H22ClNS. The summed E-state index contributed by atoms with van der Waals surface area (Å²) in [5, 5.41) is 1.18. The van der Waals surface area contributed by atoms with Gasteiger partial charge in [0.05, 0.1) is 0 Å². The van der Waals surface area contributed by atoms with Gasteiger partial charge >= 0.3 is 0 Å². The van der Waals surface area contributed by atoms with Gasteiger partial charge in [-0.3, -0.25) is 0 Å². The molecule has 17 heavy (non-hydrogen) atoms. The van der Waals surface area contributed by atoms with E-state index in [0.29, 0.717) is 5.25 Å². The molecule has 1 nitrogen and oxygen atoms in total. The summed E-state index contributed by atoms with van der Waals surface area (Å²) in [7, 11) is 0. The van der Waals surface area contributed by atoms with Crippen LogP contribution < -0.4 is 5.73 Å². The molecule has 0 bridgehead atoms. The van der Waals surface area contributed by atoms with E-state index in [-0.39, 0.29) is 11.5 Å². The molecule has 0 amide bonds. The molecule has 0 heterocycles. The monoisotopic (exact) mass is 271 g/mol. The Kier molecular flexibility index (Phi) is 5.36. The van der Waals surface area contributed by atoms with Gasteiger partial charge in [-0.2, -0.15) is 0 Å². The maximum Gasteiger partial charge on any atom is 0.0417 e. The Morgan fingerprint density at radius 3 is 2.47 bits per heavy atom. The molecule has 0 spiro atoms. The van der Waals surface area contributed by atoms with E-state index in [1.54, 1.807) is 0 Å². The van der Waals surface area contributed by atoms with E-state index < -0.39 is 0 Å². The predicted molar refractivity (Wildman–Crippen MR) is 78.8 cm³/mol. The Labute approximate surface area is 114 Å². The van der Waals surface area contributed by atoms with Crippen molar-refractivity contribution in [2.45, 2.75) is 50.3 Å². The third kappa shape index (κ3) is 4.53. The molecule has 0 fully saturated rings. The van der Waals surface area contributed by atoms with Gasteiger partial charge in [-0.1, -0.05) is 45.4 Å². The minimum atomic E-state index is 0.183. The Morgan fingerprint density at radius 1 is 1.35 bits per heavy atom. The standard InChI is InChI=1S/C14H22ClNS/c1-5-12(16)13(14(2,3)4)17-11-8-6-7-10(15)9-11/h6-9,12-13H,5,16H2,1-4H3. The number of hydrogen-bond acceptors (Lipinski definition) is 2. The summed E-state index contributed by atoms with van der Waals surface area (Å²) in [5.74, 6) is 0. The fourth-order valence-electron chi connectivity index (χ4n) is 1.81. The Morgan fingerprint density at radius 2 is 2.00 bits per heavy atom. The number of halogens is 1. The molecule has 1 aromatic rings. The molecular weight excluding hydrogens is 250 g/mol. The second-order valence-corrected chi connectivity index (χ2v) is 7.09. The zero-order valence-electron chi connectivity index (χ0n) is 11.0. The van der Waals surface area contributed by atoms with Gasteiger partial charge in [-0.25, -0.2) is 0 Å². The summed E-state index contributed by atoms with van der Waals surface area (Å²) in [5.41, 5.74) is 6.42. The van der Waals surface area contributed by atoms with E-state index in [1.165, 1.54) is 4.90 Å². The molecule has 96 valence electrons. The molecule has 0 aliphatic carbocycles. The predicted octanol–water partition coefficient (Wildman–Crippen LogP) is 4.58. The lowest BCUT2D eigenvalue weighted by Crippen LogP contribution is -2.40. The van der Waals surface area contributed by atoms with E-state index in [4.69, 9.17) is 17.3 Å². The number of rotatable bonds is 4. The van der Waals surface area contributed by atoms with Gasteiger partial charge in [0.2, 0.25) is 0 Å². The maximum absolute atomic E-state index is 6.24. The molecule has 0 saturated carbocycles. The highest BCUT2D eigenvalue weighted by atomic mass is 35.5. The van der Waals surface area contributed by atoms with Gasteiger partial charge in [0.1, 0.15) is 0 Å². The van der Waals surface area contributed by atoms with Crippen LogP contribution in [0.4, 0.5) is 0 Å². The van der Waals surface area contributed by atoms with Crippen molar-refractivity contribution in [2.75, 3.05) is 0 Å². The molecule has 0 aliphatic heterocycles. The Bertz CT molecular complexity index is 359. The van der Waals surface area contributed by atoms with E-state index in [9.17, 15) is 0 Å². The second-order valence-electron chi connectivity index (χ2n) is 5.43. The van der Waals surface area contributed by atoms with Crippen LogP contribution in [0.25, 0.3) is 0 Å². The van der Waals surface area contributed by atoms with E-state index in [2.05, 4.69) is 33.8 Å². The lowest BCUT2D eigenvalue weighted by Gasteiger charge is -2.34. The molecule has 1 aromatic carbocycles. The molecule has 0 radical (unpaired) electrons. The van der Waals surface area contributed by atoms with Crippen LogP contribution in [0.3, 0.4) is 0 Å². The number of thioether (sulfide) groups is 1. The third-order valence-corrected chi connectivity index (χ3v) is 4.84. The largest absolute Gasteiger partial charge is 0.327 e. The fraction of sp³-hybridized carbons (Fsp3) is 0.571. The van der Waals surface area contributed by atoms with Crippen LogP contribution in [-0.2, 0) is 0 Å². The minimum Gasteiger partial charge on any atom is -0.327 e. The highest BCUT2D eigenvalue weighted by molar-refractivity contribution is 8.00. The maximum atomic E-state index is 6.24. The SMILES string of the molecule is CCC(N)C(Sc1cccc(Cl)c1)C(C)(C)C. The summed E-state index contributed by atoms with van der Waals surface area (Å²) >= 11 is 7.84.